The van der Waals surface area contributed by atoms with Gasteiger partial charge in [0.15, 0.2) is 0 Å². The number of aromatic nitrogens is 2. The predicted molar refractivity (Wildman–Crippen MR) is 98.5 cm³/mol. The number of carbonyl (C=O) groups excluding carboxylic acids is 2. The number of aryl methyl sites for hydroxylation is 2. The van der Waals surface area contributed by atoms with Crippen molar-refractivity contribution < 1.29 is 14.3 Å². The Balaban J connectivity index is 1.59. The minimum Gasteiger partial charge on any atom is -0.458 e. The fourth-order valence-corrected chi connectivity index (χ4v) is 3.99. The molecule has 1 aromatic heterocycles. The van der Waals surface area contributed by atoms with Gasteiger partial charge in [0.1, 0.15) is 17.0 Å². The van der Waals surface area contributed by atoms with Crippen LogP contribution in [0.4, 0.5) is 0 Å². The lowest BCUT2D eigenvalue weighted by Crippen LogP contribution is -2.48. The highest BCUT2D eigenvalue weighted by molar-refractivity contribution is 8.23. The summed E-state index contributed by atoms with van der Waals surface area (Å²) in [5, 5.41) is 0. The number of thiocarbonyl (C=S) groups is 1. The predicted octanol–water partition coefficient (Wildman–Crippen LogP) is 1.32. The van der Waals surface area contributed by atoms with Crippen LogP contribution in [0.5, 0.6) is 6.01 Å². The van der Waals surface area contributed by atoms with Crippen LogP contribution in [0.1, 0.15) is 24.2 Å². The third-order valence-electron chi connectivity index (χ3n) is 4.10. The highest BCUT2D eigenvalue weighted by Gasteiger charge is 2.32. The van der Waals surface area contributed by atoms with Gasteiger partial charge in [-0.1, -0.05) is 24.0 Å². The number of nitrogens with zero attached hydrogens (tertiary/aromatic N) is 4. The molecule has 2 amide bonds. The summed E-state index contributed by atoms with van der Waals surface area (Å²) in [5.41, 5.74) is 1.70. The summed E-state index contributed by atoms with van der Waals surface area (Å²) < 4.78 is 6.36. The Bertz CT molecular complexity index is 676. The molecule has 0 spiro atoms. The molecule has 1 atom stereocenters. The molecule has 0 radical (unpaired) electrons. The molecule has 0 N–H and O–H groups in total. The molecule has 3 rings (SSSR count). The normalized spacial score (nSPS) is 21.0. The molecule has 9 heteroatoms. The average Bonchev–Trinajstić information content (AvgIpc) is 2.86. The maximum atomic E-state index is 12.5. The van der Waals surface area contributed by atoms with Crippen molar-refractivity contribution in [3.63, 3.8) is 0 Å². The number of piperidine rings is 1. The van der Waals surface area contributed by atoms with Gasteiger partial charge in [-0.15, -0.1) is 0 Å². The van der Waals surface area contributed by atoms with Crippen LogP contribution in [-0.2, 0) is 9.59 Å². The molecule has 2 aliphatic rings. The van der Waals surface area contributed by atoms with E-state index in [1.54, 1.807) is 4.90 Å². The number of thioether (sulfide) groups is 1. The number of rotatable bonds is 4. The van der Waals surface area contributed by atoms with Gasteiger partial charge < -0.3 is 9.64 Å². The standard InChI is InChI=1S/C16H20N4O3S2/c1-10-6-11(2)18-15(17-10)23-12-4-3-5-19(7-12)13(21)8-20-14(22)9-25-16(20)24/h6,12H,3-5,7-9H2,1-2H3. The lowest BCUT2D eigenvalue weighted by molar-refractivity contribution is -0.138. The van der Waals surface area contributed by atoms with Crippen LogP contribution in [0.25, 0.3) is 0 Å². The smallest absolute Gasteiger partial charge is 0.317 e. The third-order valence-corrected chi connectivity index (χ3v) is 5.53. The van der Waals surface area contributed by atoms with E-state index in [9.17, 15) is 9.59 Å². The van der Waals surface area contributed by atoms with E-state index in [0.29, 0.717) is 29.2 Å². The summed E-state index contributed by atoms with van der Waals surface area (Å²) in [6.45, 7) is 4.93. The Morgan fingerprint density at radius 1 is 1.40 bits per heavy atom. The Kier molecular flexibility index (Phi) is 5.53. The molecule has 0 saturated carbocycles. The van der Waals surface area contributed by atoms with Gasteiger partial charge in [0, 0.05) is 17.9 Å². The second-order valence-corrected chi connectivity index (χ2v) is 7.80. The Morgan fingerprint density at radius 3 is 2.76 bits per heavy atom. The van der Waals surface area contributed by atoms with Crippen molar-refractivity contribution in [2.45, 2.75) is 32.8 Å². The highest BCUT2D eigenvalue weighted by atomic mass is 32.2. The van der Waals surface area contributed by atoms with Crippen molar-refractivity contribution in [2.24, 2.45) is 0 Å². The number of likely N-dealkylation sites (tertiary alicyclic amines) is 1. The van der Waals surface area contributed by atoms with Crippen molar-refractivity contribution in [1.82, 2.24) is 19.8 Å². The first kappa shape index (κ1) is 18.1. The molecule has 7 nitrogen and oxygen atoms in total. The van der Waals surface area contributed by atoms with Crippen LogP contribution < -0.4 is 4.74 Å². The summed E-state index contributed by atoms with van der Waals surface area (Å²) in [7, 11) is 0. The molecule has 1 unspecified atom stereocenters. The molecule has 25 heavy (non-hydrogen) atoms. The maximum absolute atomic E-state index is 12.5. The lowest BCUT2D eigenvalue weighted by Gasteiger charge is -2.33. The topological polar surface area (TPSA) is 75.6 Å². The fourth-order valence-electron chi connectivity index (χ4n) is 2.93. The fraction of sp³-hybridized carbons (Fsp3) is 0.562. The second-order valence-electron chi connectivity index (χ2n) is 6.19. The van der Waals surface area contributed by atoms with Crippen LogP contribution in [0, 0.1) is 13.8 Å². The zero-order valence-corrected chi connectivity index (χ0v) is 15.9. The molecule has 2 saturated heterocycles. The van der Waals surface area contributed by atoms with Crippen LogP contribution in [0.15, 0.2) is 6.07 Å². The lowest BCUT2D eigenvalue weighted by atomic mass is 10.1. The number of hydrogen-bond donors (Lipinski definition) is 0. The minimum absolute atomic E-state index is 0.0113. The number of amides is 2. The Morgan fingerprint density at radius 2 is 2.12 bits per heavy atom. The van der Waals surface area contributed by atoms with E-state index in [4.69, 9.17) is 17.0 Å². The molecule has 3 heterocycles. The van der Waals surface area contributed by atoms with E-state index in [2.05, 4.69) is 9.97 Å². The van der Waals surface area contributed by atoms with Gasteiger partial charge in [0.2, 0.25) is 11.8 Å². The molecule has 2 fully saturated rings. The Hall–Kier alpha value is -1.74. The summed E-state index contributed by atoms with van der Waals surface area (Å²) in [5.74, 6) is 0.117. The van der Waals surface area contributed by atoms with E-state index in [-0.39, 0.29) is 24.5 Å². The number of hydrogen-bond acceptors (Lipinski definition) is 7. The molecule has 0 aromatic carbocycles. The summed E-state index contributed by atoms with van der Waals surface area (Å²) in [4.78, 5) is 36.0. The highest BCUT2D eigenvalue weighted by Crippen LogP contribution is 2.21. The van der Waals surface area contributed by atoms with Crippen LogP contribution in [-0.4, -0.2) is 67.4 Å². The molecule has 2 aliphatic heterocycles. The monoisotopic (exact) mass is 380 g/mol. The zero-order chi connectivity index (χ0) is 18.0. The van der Waals surface area contributed by atoms with Crippen molar-refractivity contribution in [2.75, 3.05) is 25.4 Å². The third kappa shape index (κ3) is 4.46. The quantitative estimate of drug-likeness (QED) is 0.729. The largest absolute Gasteiger partial charge is 0.458 e. The van der Waals surface area contributed by atoms with E-state index in [1.807, 2.05) is 19.9 Å². The van der Waals surface area contributed by atoms with Gasteiger partial charge >= 0.3 is 6.01 Å². The van der Waals surface area contributed by atoms with Crippen LogP contribution >= 0.6 is 24.0 Å². The van der Waals surface area contributed by atoms with E-state index in [0.717, 1.165) is 24.2 Å². The van der Waals surface area contributed by atoms with Crippen LogP contribution in [0.3, 0.4) is 0 Å². The van der Waals surface area contributed by atoms with Crippen molar-refractivity contribution in [3.05, 3.63) is 17.5 Å². The Labute approximate surface area is 156 Å². The molecule has 0 bridgehead atoms. The first-order valence-corrected chi connectivity index (χ1v) is 9.55. The summed E-state index contributed by atoms with van der Waals surface area (Å²) >= 11 is 6.43. The summed E-state index contributed by atoms with van der Waals surface area (Å²) in [6, 6.07) is 2.24. The first-order chi connectivity index (χ1) is 11.9. The van der Waals surface area contributed by atoms with Crippen molar-refractivity contribution >= 4 is 40.1 Å². The van der Waals surface area contributed by atoms with Crippen molar-refractivity contribution in [1.29, 1.82) is 0 Å². The number of ether oxygens (including phenoxy) is 1. The summed E-state index contributed by atoms with van der Waals surface area (Å²) in [6.07, 6.45) is 1.54. The van der Waals surface area contributed by atoms with Crippen LogP contribution in [0.2, 0.25) is 0 Å². The average molecular weight is 380 g/mol. The SMILES string of the molecule is Cc1cc(C)nc(OC2CCCN(C(=O)CN3C(=O)CSC3=S)C2)n1. The first-order valence-electron chi connectivity index (χ1n) is 8.16. The molecular weight excluding hydrogens is 360 g/mol. The number of carbonyl (C=O) groups is 2. The van der Waals surface area contributed by atoms with Crippen molar-refractivity contribution in [3.8, 4) is 6.01 Å². The molecular formula is C16H20N4O3S2. The van der Waals surface area contributed by atoms with Gasteiger partial charge in [-0.05, 0) is 32.8 Å². The minimum atomic E-state index is -0.144. The van der Waals surface area contributed by atoms with E-state index < -0.39 is 0 Å². The molecule has 0 aliphatic carbocycles. The molecule has 1 aromatic rings. The van der Waals surface area contributed by atoms with E-state index >= 15 is 0 Å². The molecule has 134 valence electrons. The van der Waals surface area contributed by atoms with Gasteiger partial charge in [-0.2, -0.15) is 0 Å². The zero-order valence-electron chi connectivity index (χ0n) is 14.2. The van der Waals surface area contributed by atoms with Gasteiger partial charge in [0.25, 0.3) is 0 Å². The second kappa shape index (κ2) is 7.65. The van der Waals surface area contributed by atoms with Gasteiger partial charge in [-0.25, -0.2) is 9.97 Å². The van der Waals surface area contributed by atoms with Gasteiger partial charge in [-0.3, -0.25) is 14.5 Å². The maximum Gasteiger partial charge on any atom is 0.317 e. The van der Waals surface area contributed by atoms with E-state index in [1.165, 1.54) is 16.7 Å². The van der Waals surface area contributed by atoms with Gasteiger partial charge in [0.05, 0.1) is 12.3 Å².